The van der Waals surface area contributed by atoms with Crippen molar-refractivity contribution < 1.29 is 4.39 Å². The van der Waals surface area contributed by atoms with E-state index in [2.05, 4.69) is 31.1 Å². The predicted molar refractivity (Wildman–Crippen MR) is 86.8 cm³/mol. The van der Waals surface area contributed by atoms with Gasteiger partial charge >= 0.3 is 0 Å². The zero-order valence-electron chi connectivity index (χ0n) is 13.6. The Labute approximate surface area is 128 Å². The van der Waals surface area contributed by atoms with Gasteiger partial charge in [0.2, 0.25) is 0 Å². The van der Waals surface area contributed by atoms with Crippen LogP contribution in [0.25, 0.3) is 0 Å². The minimum absolute atomic E-state index is 0.143. The van der Waals surface area contributed by atoms with E-state index in [1.165, 1.54) is 19.0 Å². The van der Waals surface area contributed by atoms with Gasteiger partial charge in [0.25, 0.3) is 0 Å². The largest absolute Gasteiger partial charge is 0.310 e. The van der Waals surface area contributed by atoms with Gasteiger partial charge in [-0.3, -0.25) is 0 Å². The van der Waals surface area contributed by atoms with Crippen LogP contribution >= 0.6 is 0 Å². The van der Waals surface area contributed by atoms with Crippen LogP contribution in [0.3, 0.4) is 0 Å². The molecule has 1 aliphatic carbocycles. The topological polar surface area (TPSA) is 15.3 Å². The summed E-state index contributed by atoms with van der Waals surface area (Å²) in [5, 5.41) is 3.55. The number of rotatable bonds is 9. The highest BCUT2D eigenvalue weighted by Crippen LogP contribution is 2.38. The van der Waals surface area contributed by atoms with Crippen LogP contribution in [-0.4, -0.2) is 31.6 Å². The molecule has 3 atom stereocenters. The van der Waals surface area contributed by atoms with Crippen LogP contribution in [0.15, 0.2) is 24.3 Å². The van der Waals surface area contributed by atoms with Gasteiger partial charge in [0.1, 0.15) is 5.82 Å². The van der Waals surface area contributed by atoms with Crippen LogP contribution in [0.1, 0.15) is 44.7 Å². The molecule has 0 aromatic heterocycles. The molecular formula is C18H29FN2. The number of halogens is 1. The standard InChI is InChI=1S/C18H29FN2/c1-4-9-20-18(15-6-5-7-17(19)12-15)8-10-21(3)13-16-11-14(16)2/h5-7,12,14,16,18,20H,4,8-11,13H2,1-3H3. The lowest BCUT2D eigenvalue weighted by molar-refractivity contribution is 0.292. The molecule has 3 heteroatoms. The van der Waals surface area contributed by atoms with Crippen molar-refractivity contribution in [2.75, 3.05) is 26.7 Å². The molecule has 1 saturated carbocycles. The molecule has 1 aliphatic rings. The van der Waals surface area contributed by atoms with E-state index in [9.17, 15) is 4.39 Å². The minimum Gasteiger partial charge on any atom is -0.310 e. The Balaban J connectivity index is 1.86. The summed E-state index contributed by atoms with van der Waals surface area (Å²) >= 11 is 0. The fourth-order valence-electron chi connectivity index (χ4n) is 2.92. The Hall–Kier alpha value is -0.930. The van der Waals surface area contributed by atoms with E-state index in [0.717, 1.165) is 43.3 Å². The number of nitrogens with zero attached hydrogens (tertiary/aromatic N) is 1. The third kappa shape index (κ3) is 5.40. The molecule has 1 N–H and O–H groups in total. The summed E-state index contributed by atoms with van der Waals surface area (Å²) in [6.45, 7) is 7.73. The molecule has 21 heavy (non-hydrogen) atoms. The van der Waals surface area contributed by atoms with Crippen molar-refractivity contribution >= 4 is 0 Å². The monoisotopic (exact) mass is 292 g/mol. The van der Waals surface area contributed by atoms with Gasteiger partial charge in [-0.15, -0.1) is 0 Å². The fraction of sp³-hybridized carbons (Fsp3) is 0.667. The summed E-state index contributed by atoms with van der Waals surface area (Å²) in [6, 6.07) is 7.26. The van der Waals surface area contributed by atoms with Gasteiger partial charge in [0, 0.05) is 12.6 Å². The van der Waals surface area contributed by atoms with Crippen molar-refractivity contribution in [3.8, 4) is 0 Å². The SMILES string of the molecule is CCCNC(CCN(C)CC1CC1C)c1cccc(F)c1. The highest BCUT2D eigenvalue weighted by molar-refractivity contribution is 5.20. The molecule has 118 valence electrons. The molecule has 0 amide bonds. The van der Waals surface area contributed by atoms with Crippen LogP contribution in [0, 0.1) is 17.7 Å². The lowest BCUT2D eigenvalue weighted by atomic mass is 10.0. The van der Waals surface area contributed by atoms with E-state index in [4.69, 9.17) is 0 Å². The molecule has 1 aromatic rings. The smallest absolute Gasteiger partial charge is 0.123 e. The Kier molecular flexibility index (Phi) is 6.19. The van der Waals surface area contributed by atoms with Crippen LogP contribution in [-0.2, 0) is 0 Å². The first kappa shape index (κ1) is 16.4. The summed E-state index contributed by atoms with van der Waals surface area (Å²) in [6.07, 6.45) is 3.51. The first-order chi connectivity index (χ1) is 10.1. The van der Waals surface area contributed by atoms with Gasteiger partial charge in [0.15, 0.2) is 0 Å². The lowest BCUT2D eigenvalue weighted by Gasteiger charge is -2.23. The molecule has 0 radical (unpaired) electrons. The summed E-state index contributed by atoms with van der Waals surface area (Å²) in [5.41, 5.74) is 1.07. The molecular weight excluding hydrogens is 263 g/mol. The molecule has 0 bridgehead atoms. The van der Waals surface area contributed by atoms with Crippen LogP contribution in [0.4, 0.5) is 4.39 Å². The Morgan fingerprint density at radius 1 is 1.43 bits per heavy atom. The van der Waals surface area contributed by atoms with Crippen molar-refractivity contribution in [1.82, 2.24) is 10.2 Å². The third-order valence-corrected chi connectivity index (χ3v) is 4.51. The van der Waals surface area contributed by atoms with Gasteiger partial charge < -0.3 is 10.2 Å². The number of nitrogens with one attached hydrogen (secondary N) is 1. The van der Waals surface area contributed by atoms with Crippen LogP contribution in [0.2, 0.25) is 0 Å². The van der Waals surface area contributed by atoms with Gasteiger partial charge in [-0.05, 0) is 68.9 Å². The number of hydrogen-bond donors (Lipinski definition) is 1. The number of hydrogen-bond acceptors (Lipinski definition) is 2. The van der Waals surface area contributed by atoms with E-state index >= 15 is 0 Å². The zero-order chi connectivity index (χ0) is 15.2. The molecule has 1 aromatic carbocycles. The summed E-state index contributed by atoms with van der Waals surface area (Å²) in [7, 11) is 2.20. The summed E-state index contributed by atoms with van der Waals surface area (Å²) in [4.78, 5) is 2.42. The van der Waals surface area contributed by atoms with Gasteiger partial charge in [-0.25, -0.2) is 4.39 Å². The molecule has 1 fully saturated rings. The number of benzene rings is 1. The maximum Gasteiger partial charge on any atom is 0.123 e. The Bertz CT molecular complexity index is 435. The van der Waals surface area contributed by atoms with E-state index in [1.807, 2.05) is 6.07 Å². The fourth-order valence-corrected chi connectivity index (χ4v) is 2.92. The molecule has 3 unspecified atom stereocenters. The zero-order valence-corrected chi connectivity index (χ0v) is 13.6. The second kappa shape index (κ2) is 7.90. The lowest BCUT2D eigenvalue weighted by Crippen LogP contribution is -2.29. The maximum atomic E-state index is 13.4. The maximum absolute atomic E-state index is 13.4. The van der Waals surface area contributed by atoms with Crippen molar-refractivity contribution in [2.24, 2.45) is 11.8 Å². The van der Waals surface area contributed by atoms with Crippen LogP contribution in [0.5, 0.6) is 0 Å². The van der Waals surface area contributed by atoms with Gasteiger partial charge in [-0.2, -0.15) is 0 Å². The molecule has 2 nitrogen and oxygen atoms in total. The average Bonchev–Trinajstić information content (AvgIpc) is 3.14. The molecule has 2 rings (SSSR count). The normalized spacial score (nSPS) is 22.5. The van der Waals surface area contributed by atoms with E-state index in [0.29, 0.717) is 0 Å². The first-order valence-electron chi connectivity index (χ1n) is 8.27. The second-order valence-electron chi connectivity index (χ2n) is 6.59. The molecule has 0 spiro atoms. The van der Waals surface area contributed by atoms with Crippen molar-refractivity contribution in [1.29, 1.82) is 0 Å². The third-order valence-electron chi connectivity index (χ3n) is 4.51. The molecule has 0 aliphatic heterocycles. The van der Waals surface area contributed by atoms with Crippen molar-refractivity contribution in [3.05, 3.63) is 35.6 Å². The minimum atomic E-state index is -0.143. The van der Waals surface area contributed by atoms with Crippen LogP contribution < -0.4 is 5.32 Å². The Morgan fingerprint density at radius 3 is 2.81 bits per heavy atom. The Morgan fingerprint density at radius 2 is 2.19 bits per heavy atom. The highest BCUT2D eigenvalue weighted by Gasteiger charge is 2.33. The van der Waals surface area contributed by atoms with E-state index in [-0.39, 0.29) is 11.9 Å². The second-order valence-corrected chi connectivity index (χ2v) is 6.59. The van der Waals surface area contributed by atoms with Gasteiger partial charge in [0.05, 0.1) is 0 Å². The quantitative estimate of drug-likeness (QED) is 0.744. The van der Waals surface area contributed by atoms with Crippen molar-refractivity contribution in [2.45, 2.75) is 39.2 Å². The summed E-state index contributed by atoms with van der Waals surface area (Å²) < 4.78 is 13.4. The first-order valence-corrected chi connectivity index (χ1v) is 8.27. The van der Waals surface area contributed by atoms with E-state index in [1.54, 1.807) is 12.1 Å². The van der Waals surface area contributed by atoms with Gasteiger partial charge in [-0.1, -0.05) is 26.0 Å². The molecule has 0 saturated heterocycles. The molecule has 0 heterocycles. The highest BCUT2D eigenvalue weighted by atomic mass is 19.1. The summed E-state index contributed by atoms with van der Waals surface area (Å²) in [5.74, 6) is 1.66. The van der Waals surface area contributed by atoms with E-state index < -0.39 is 0 Å². The average molecular weight is 292 g/mol. The van der Waals surface area contributed by atoms with Crippen molar-refractivity contribution in [3.63, 3.8) is 0 Å². The predicted octanol–water partition coefficient (Wildman–Crippen LogP) is 3.84.